The van der Waals surface area contributed by atoms with Crippen LogP contribution in [0.2, 0.25) is 0 Å². The average molecular weight is 299 g/mol. The first-order valence-corrected chi connectivity index (χ1v) is 7.02. The first-order chi connectivity index (χ1) is 9.29. The third kappa shape index (κ3) is 5.02. The molecule has 1 aliphatic rings. The number of piperidine rings is 1. The van der Waals surface area contributed by atoms with E-state index in [1.807, 2.05) is 31.2 Å². The molecule has 0 aromatic heterocycles. The summed E-state index contributed by atoms with van der Waals surface area (Å²) in [4.78, 5) is 12.0. The van der Waals surface area contributed by atoms with Crippen LogP contribution in [0, 0.1) is 0 Å². The van der Waals surface area contributed by atoms with Crippen molar-refractivity contribution in [3.05, 3.63) is 29.8 Å². The van der Waals surface area contributed by atoms with Gasteiger partial charge in [-0.15, -0.1) is 12.4 Å². The minimum absolute atomic E-state index is 0. The molecule has 112 valence electrons. The summed E-state index contributed by atoms with van der Waals surface area (Å²) in [6, 6.07) is 7.82. The van der Waals surface area contributed by atoms with Gasteiger partial charge in [0.05, 0.1) is 12.6 Å². The van der Waals surface area contributed by atoms with E-state index >= 15 is 0 Å². The molecule has 1 saturated heterocycles. The summed E-state index contributed by atoms with van der Waals surface area (Å²) < 4.78 is 5.44. The zero-order valence-corrected chi connectivity index (χ0v) is 12.7. The van der Waals surface area contributed by atoms with Gasteiger partial charge in [0, 0.05) is 6.54 Å². The van der Waals surface area contributed by atoms with Crippen molar-refractivity contribution in [2.45, 2.75) is 38.8 Å². The SMILES string of the molecule is CCOc1cccc(CNC(=O)[C@@H]2CCCCN2)c1.Cl. The van der Waals surface area contributed by atoms with E-state index in [0.29, 0.717) is 13.2 Å². The Morgan fingerprint density at radius 2 is 2.30 bits per heavy atom. The molecule has 1 atom stereocenters. The van der Waals surface area contributed by atoms with Crippen molar-refractivity contribution in [2.75, 3.05) is 13.2 Å². The fourth-order valence-corrected chi connectivity index (χ4v) is 2.30. The van der Waals surface area contributed by atoms with Gasteiger partial charge in [-0.2, -0.15) is 0 Å². The van der Waals surface area contributed by atoms with Crippen LogP contribution in [-0.2, 0) is 11.3 Å². The molecular weight excluding hydrogens is 276 g/mol. The third-order valence-corrected chi connectivity index (χ3v) is 3.30. The van der Waals surface area contributed by atoms with E-state index in [1.165, 1.54) is 6.42 Å². The molecule has 2 rings (SSSR count). The van der Waals surface area contributed by atoms with Crippen molar-refractivity contribution in [3.8, 4) is 5.75 Å². The van der Waals surface area contributed by atoms with Gasteiger partial charge in [-0.3, -0.25) is 4.79 Å². The summed E-state index contributed by atoms with van der Waals surface area (Å²) in [6.07, 6.45) is 3.23. The number of benzene rings is 1. The number of rotatable bonds is 5. The molecule has 1 fully saturated rings. The summed E-state index contributed by atoms with van der Waals surface area (Å²) in [7, 11) is 0. The van der Waals surface area contributed by atoms with E-state index < -0.39 is 0 Å². The zero-order chi connectivity index (χ0) is 13.5. The van der Waals surface area contributed by atoms with E-state index in [1.54, 1.807) is 0 Å². The first-order valence-electron chi connectivity index (χ1n) is 7.02. The van der Waals surface area contributed by atoms with Crippen molar-refractivity contribution < 1.29 is 9.53 Å². The molecule has 5 heteroatoms. The van der Waals surface area contributed by atoms with Gasteiger partial charge in [-0.05, 0) is 44.0 Å². The van der Waals surface area contributed by atoms with Gasteiger partial charge in [0.15, 0.2) is 0 Å². The van der Waals surface area contributed by atoms with Crippen LogP contribution in [0.5, 0.6) is 5.75 Å². The number of nitrogens with one attached hydrogen (secondary N) is 2. The quantitative estimate of drug-likeness (QED) is 0.877. The van der Waals surface area contributed by atoms with Crippen LogP contribution < -0.4 is 15.4 Å². The maximum atomic E-state index is 12.0. The van der Waals surface area contributed by atoms with Gasteiger partial charge in [0.1, 0.15) is 5.75 Å². The summed E-state index contributed by atoms with van der Waals surface area (Å²) in [5.74, 6) is 0.951. The molecule has 0 saturated carbocycles. The normalized spacial score (nSPS) is 17.9. The fourth-order valence-electron chi connectivity index (χ4n) is 2.30. The minimum Gasteiger partial charge on any atom is -0.494 e. The highest BCUT2D eigenvalue weighted by Crippen LogP contribution is 2.13. The predicted molar refractivity (Wildman–Crippen MR) is 82.3 cm³/mol. The second-order valence-electron chi connectivity index (χ2n) is 4.80. The van der Waals surface area contributed by atoms with Crippen molar-refractivity contribution >= 4 is 18.3 Å². The van der Waals surface area contributed by atoms with Crippen LogP contribution in [0.25, 0.3) is 0 Å². The van der Waals surface area contributed by atoms with Crippen LogP contribution in [0.15, 0.2) is 24.3 Å². The highest BCUT2D eigenvalue weighted by atomic mass is 35.5. The summed E-state index contributed by atoms with van der Waals surface area (Å²) >= 11 is 0. The van der Waals surface area contributed by atoms with Crippen molar-refractivity contribution in [1.82, 2.24) is 10.6 Å². The molecule has 1 aliphatic heterocycles. The number of carbonyl (C=O) groups is 1. The van der Waals surface area contributed by atoms with Gasteiger partial charge < -0.3 is 15.4 Å². The number of amides is 1. The lowest BCUT2D eigenvalue weighted by molar-refractivity contribution is -0.123. The largest absolute Gasteiger partial charge is 0.494 e. The predicted octanol–water partition coefficient (Wildman–Crippen LogP) is 2.27. The molecule has 0 unspecified atom stereocenters. The van der Waals surface area contributed by atoms with Gasteiger partial charge in [0.25, 0.3) is 0 Å². The fraction of sp³-hybridized carbons (Fsp3) is 0.533. The molecule has 0 aliphatic carbocycles. The lowest BCUT2D eigenvalue weighted by Gasteiger charge is -2.22. The smallest absolute Gasteiger partial charge is 0.237 e. The molecule has 20 heavy (non-hydrogen) atoms. The summed E-state index contributed by atoms with van der Waals surface area (Å²) in [5, 5.41) is 6.23. The number of ether oxygens (including phenoxy) is 1. The maximum absolute atomic E-state index is 12.0. The Morgan fingerprint density at radius 3 is 3.00 bits per heavy atom. The van der Waals surface area contributed by atoms with Gasteiger partial charge in [-0.25, -0.2) is 0 Å². The maximum Gasteiger partial charge on any atom is 0.237 e. The molecule has 1 heterocycles. The monoisotopic (exact) mass is 298 g/mol. The number of halogens is 1. The number of hydrogen-bond donors (Lipinski definition) is 2. The lowest BCUT2D eigenvalue weighted by atomic mass is 10.0. The lowest BCUT2D eigenvalue weighted by Crippen LogP contribution is -2.46. The standard InChI is InChI=1S/C15H22N2O2.ClH/c1-2-19-13-7-5-6-12(10-13)11-17-15(18)14-8-3-4-9-16-14;/h5-7,10,14,16H,2-4,8-9,11H2,1H3,(H,17,18);1H/t14-;/m0./s1. The highest BCUT2D eigenvalue weighted by molar-refractivity contribution is 5.85. The molecule has 0 bridgehead atoms. The van der Waals surface area contributed by atoms with Gasteiger partial charge in [-0.1, -0.05) is 18.6 Å². The molecule has 2 N–H and O–H groups in total. The molecule has 1 aromatic carbocycles. The Labute approximate surface area is 126 Å². The van der Waals surface area contributed by atoms with Gasteiger partial charge >= 0.3 is 0 Å². The van der Waals surface area contributed by atoms with E-state index in [4.69, 9.17) is 4.74 Å². The molecule has 0 radical (unpaired) electrons. The topological polar surface area (TPSA) is 50.4 Å². The highest BCUT2D eigenvalue weighted by Gasteiger charge is 2.19. The van der Waals surface area contributed by atoms with Crippen LogP contribution in [0.3, 0.4) is 0 Å². The Morgan fingerprint density at radius 1 is 1.45 bits per heavy atom. The molecule has 4 nitrogen and oxygen atoms in total. The van der Waals surface area contributed by atoms with Crippen LogP contribution in [0.1, 0.15) is 31.7 Å². The Kier molecular flexibility index (Phi) is 7.41. The van der Waals surface area contributed by atoms with Crippen molar-refractivity contribution in [2.24, 2.45) is 0 Å². The Balaban J connectivity index is 0.00000200. The van der Waals surface area contributed by atoms with E-state index in [-0.39, 0.29) is 24.4 Å². The van der Waals surface area contributed by atoms with Crippen LogP contribution in [0.4, 0.5) is 0 Å². The van der Waals surface area contributed by atoms with E-state index in [0.717, 1.165) is 30.7 Å². The van der Waals surface area contributed by atoms with Crippen molar-refractivity contribution in [1.29, 1.82) is 0 Å². The average Bonchev–Trinajstić information content (AvgIpc) is 2.46. The van der Waals surface area contributed by atoms with E-state index in [9.17, 15) is 4.79 Å². The zero-order valence-electron chi connectivity index (χ0n) is 11.9. The molecule has 0 spiro atoms. The third-order valence-electron chi connectivity index (χ3n) is 3.30. The summed E-state index contributed by atoms with van der Waals surface area (Å²) in [6.45, 7) is 4.11. The molecule has 1 aromatic rings. The second-order valence-corrected chi connectivity index (χ2v) is 4.80. The van der Waals surface area contributed by atoms with E-state index in [2.05, 4.69) is 10.6 Å². The number of hydrogen-bond acceptors (Lipinski definition) is 3. The number of carbonyl (C=O) groups excluding carboxylic acids is 1. The molecule has 1 amide bonds. The van der Waals surface area contributed by atoms with Gasteiger partial charge in [0.2, 0.25) is 5.91 Å². The van der Waals surface area contributed by atoms with Crippen LogP contribution >= 0.6 is 12.4 Å². The van der Waals surface area contributed by atoms with Crippen LogP contribution in [-0.4, -0.2) is 25.1 Å². The second kappa shape index (κ2) is 8.82. The van der Waals surface area contributed by atoms with Crippen molar-refractivity contribution in [3.63, 3.8) is 0 Å². The summed E-state index contributed by atoms with van der Waals surface area (Å²) in [5.41, 5.74) is 1.06. The Hall–Kier alpha value is -1.26. The first kappa shape index (κ1) is 16.8. The minimum atomic E-state index is -0.0242. The molecular formula is C15H23ClN2O2. The Bertz CT molecular complexity index is 420.